The van der Waals surface area contributed by atoms with Crippen molar-refractivity contribution in [3.63, 3.8) is 0 Å². The van der Waals surface area contributed by atoms with Crippen molar-refractivity contribution in [1.29, 1.82) is 0 Å². The van der Waals surface area contributed by atoms with E-state index in [0.29, 0.717) is 5.75 Å². The quantitative estimate of drug-likeness (QED) is 0.830. The molecule has 0 aliphatic heterocycles. The Morgan fingerprint density at radius 2 is 1.79 bits per heavy atom. The number of phenols is 1. The van der Waals surface area contributed by atoms with Crippen molar-refractivity contribution in [2.24, 2.45) is 11.8 Å². The Balaban J connectivity index is 1.78. The van der Waals surface area contributed by atoms with Gasteiger partial charge in [-0.25, -0.2) is 0 Å². The zero-order chi connectivity index (χ0) is 13.7. The molecule has 1 aromatic rings. The summed E-state index contributed by atoms with van der Waals surface area (Å²) in [5.74, 6) is 2.18. The lowest BCUT2D eigenvalue weighted by molar-refractivity contribution is 0.257. The smallest absolute Gasteiger partial charge is 0.120 e. The summed E-state index contributed by atoms with van der Waals surface area (Å²) in [5, 5.41) is 13.4. The molecule has 1 fully saturated rings. The molecule has 0 spiro atoms. The van der Waals surface area contributed by atoms with Gasteiger partial charge in [0.2, 0.25) is 0 Å². The molecule has 2 heteroatoms. The van der Waals surface area contributed by atoms with Crippen LogP contribution in [-0.4, -0.2) is 11.7 Å². The molecule has 2 N–H and O–H groups in total. The average molecular weight is 261 g/mol. The third kappa shape index (κ3) is 3.97. The molecule has 1 atom stereocenters. The molecular formula is C17H27NO. The maximum Gasteiger partial charge on any atom is 0.120 e. The average Bonchev–Trinajstić information content (AvgIpc) is 2.46. The van der Waals surface area contributed by atoms with Crippen LogP contribution >= 0.6 is 0 Å². The number of rotatable bonds is 5. The van der Waals surface area contributed by atoms with Gasteiger partial charge in [0.25, 0.3) is 0 Å². The van der Waals surface area contributed by atoms with E-state index in [4.69, 9.17) is 0 Å². The fourth-order valence-corrected chi connectivity index (χ4v) is 3.15. The highest BCUT2D eigenvalue weighted by molar-refractivity contribution is 5.34. The van der Waals surface area contributed by atoms with Crippen LogP contribution in [0.25, 0.3) is 0 Å². The van der Waals surface area contributed by atoms with Gasteiger partial charge in [0.1, 0.15) is 5.75 Å². The van der Waals surface area contributed by atoms with E-state index in [1.807, 2.05) is 18.2 Å². The minimum Gasteiger partial charge on any atom is -0.508 e. The van der Waals surface area contributed by atoms with Gasteiger partial charge < -0.3 is 10.4 Å². The number of aromatic hydroxyl groups is 1. The summed E-state index contributed by atoms with van der Waals surface area (Å²) < 4.78 is 0. The first-order chi connectivity index (χ1) is 9.20. The summed E-state index contributed by atoms with van der Waals surface area (Å²) in [6, 6.07) is 7.85. The second-order valence-corrected chi connectivity index (χ2v) is 5.98. The van der Waals surface area contributed by atoms with E-state index < -0.39 is 0 Å². The Morgan fingerprint density at radius 1 is 1.16 bits per heavy atom. The lowest BCUT2D eigenvalue weighted by Gasteiger charge is -2.29. The maximum atomic E-state index is 9.84. The highest BCUT2D eigenvalue weighted by atomic mass is 16.3. The second kappa shape index (κ2) is 6.95. The molecule has 0 aromatic heterocycles. The van der Waals surface area contributed by atoms with E-state index in [9.17, 15) is 5.11 Å². The van der Waals surface area contributed by atoms with Gasteiger partial charge in [-0.2, -0.15) is 0 Å². The van der Waals surface area contributed by atoms with E-state index in [0.717, 1.165) is 23.9 Å². The van der Waals surface area contributed by atoms with Crippen LogP contribution in [0.2, 0.25) is 0 Å². The first kappa shape index (κ1) is 14.4. The Hall–Kier alpha value is -1.02. The van der Waals surface area contributed by atoms with Crippen molar-refractivity contribution >= 4 is 0 Å². The summed E-state index contributed by atoms with van der Waals surface area (Å²) in [7, 11) is 0. The van der Waals surface area contributed by atoms with Crippen molar-refractivity contribution in [2.45, 2.75) is 52.0 Å². The van der Waals surface area contributed by atoms with E-state index in [2.05, 4.69) is 19.2 Å². The van der Waals surface area contributed by atoms with Crippen LogP contribution in [0.3, 0.4) is 0 Å². The molecule has 2 nitrogen and oxygen atoms in total. The first-order valence-corrected chi connectivity index (χ1v) is 7.72. The van der Waals surface area contributed by atoms with Gasteiger partial charge in [-0.1, -0.05) is 44.4 Å². The molecule has 0 heterocycles. The molecule has 1 unspecified atom stereocenters. The molecule has 1 aliphatic carbocycles. The van der Waals surface area contributed by atoms with Crippen LogP contribution in [-0.2, 0) is 0 Å². The minimum atomic E-state index is 0.227. The summed E-state index contributed by atoms with van der Waals surface area (Å²) in [4.78, 5) is 0. The molecule has 106 valence electrons. The predicted molar refractivity (Wildman–Crippen MR) is 80.3 cm³/mol. The first-order valence-electron chi connectivity index (χ1n) is 7.72. The van der Waals surface area contributed by atoms with Gasteiger partial charge in [-0.05, 0) is 44.2 Å². The fraction of sp³-hybridized carbons (Fsp3) is 0.647. The predicted octanol–water partition coefficient (Wildman–Crippen LogP) is 4.26. The van der Waals surface area contributed by atoms with E-state index in [1.54, 1.807) is 6.07 Å². The monoisotopic (exact) mass is 261 g/mol. The lowest BCUT2D eigenvalue weighted by atomic mass is 9.81. The Bertz CT molecular complexity index is 383. The van der Waals surface area contributed by atoms with E-state index in [1.165, 1.54) is 32.1 Å². The van der Waals surface area contributed by atoms with E-state index >= 15 is 0 Å². The van der Waals surface area contributed by atoms with Gasteiger partial charge in [-0.15, -0.1) is 0 Å². The van der Waals surface area contributed by atoms with Gasteiger partial charge in [0.05, 0.1) is 0 Å². The van der Waals surface area contributed by atoms with Crippen LogP contribution in [0, 0.1) is 11.8 Å². The normalized spacial score (nSPS) is 25.2. The molecule has 1 aliphatic rings. The number of hydrogen-bond donors (Lipinski definition) is 2. The van der Waals surface area contributed by atoms with Gasteiger partial charge in [0.15, 0.2) is 0 Å². The third-order valence-corrected chi connectivity index (χ3v) is 4.66. The summed E-state index contributed by atoms with van der Waals surface area (Å²) in [6.45, 7) is 5.52. The fourth-order valence-electron chi connectivity index (χ4n) is 3.15. The Morgan fingerprint density at radius 3 is 2.42 bits per heavy atom. The van der Waals surface area contributed by atoms with Crippen LogP contribution in [0.1, 0.15) is 57.6 Å². The summed E-state index contributed by atoms with van der Waals surface area (Å²) in [5.41, 5.74) is 1.00. The Labute approximate surface area is 117 Å². The van der Waals surface area contributed by atoms with Gasteiger partial charge >= 0.3 is 0 Å². The summed E-state index contributed by atoms with van der Waals surface area (Å²) in [6.07, 6.45) is 6.86. The SMILES string of the molecule is CCC1CCC(CNC(C)c2ccccc2O)CC1. The molecule has 19 heavy (non-hydrogen) atoms. The number of nitrogens with one attached hydrogen (secondary N) is 1. The number of para-hydroxylation sites is 1. The van der Waals surface area contributed by atoms with Crippen LogP contribution in [0.4, 0.5) is 0 Å². The zero-order valence-electron chi connectivity index (χ0n) is 12.2. The molecule has 1 aromatic carbocycles. The van der Waals surface area contributed by atoms with E-state index in [-0.39, 0.29) is 6.04 Å². The minimum absolute atomic E-state index is 0.227. The van der Waals surface area contributed by atoms with Crippen molar-refractivity contribution in [1.82, 2.24) is 5.32 Å². The van der Waals surface area contributed by atoms with Crippen molar-refractivity contribution in [3.05, 3.63) is 29.8 Å². The largest absolute Gasteiger partial charge is 0.508 e. The molecule has 1 saturated carbocycles. The number of hydrogen-bond acceptors (Lipinski definition) is 2. The van der Waals surface area contributed by atoms with Crippen LogP contribution in [0.5, 0.6) is 5.75 Å². The van der Waals surface area contributed by atoms with Crippen molar-refractivity contribution < 1.29 is 5.11 Å². The van der Waals surface area contributed by atoms with Gasteiger partial charge in [-0.3, -0.25) is 0 Å². The number of phenolic OH excluding ortho intramolecular Hbond substituents is 1. The molecule has 2 rings (SSSR count). The third-order valence-electron chi connectivity index (χ3n) is 4.66. The molecular weight excluding hydrogens is 234 g/mol. The van der Waals surface area contributed by atoms with Crippen LogP contribution in [0.15, 0.2) is 24.3 Å². The molecule has 0 bridgehead atoms. The zero-order valence-corrected chi connectivity index (χ0v) is 12.2. The molecule has 0 radical (unpaired) electrons. The second-order valence-electron chi connectivity index (χ2n) is 5.98. The number of benzene rings is 1. The molecule has 0 saturated heterocycles. The maximum absolute atomic E-state index is 9.84. The van der Waals surface area contributed by atoms with Crippen molar-refractivity contribution in [3.8, 4) is 5.75 Å². The highest BCUT2D eigenvalue weighted by Crippen LogP contribution is 2.31. The summed E-state index contributed by atoms with van der Waals surface area (Å²) >= 11 is 0. The lowest BCUT2D eigenvalue weighted by Crippen LogP contribution is -2.28. The highest BCUT2D eigenvalue weighted by Gasteiger charge is 2.20. The van der Waals surface area contributed by atoms with Gasteiger partial charge in [0, 0.05) is 11.6 Å². The Kier molecular flexibility index (Phi) is 5.26. The topological polar surface area (TPSA) is 32.3 Å². The van der Waals surface area contributed by atoms with Crippen molar-refractivity contribution in [2.75, 3.05) is 6.54 Å². The molecule has 0 amide bonds. The van der Waals surface area contributed by atoms with Crippen LogP contribution < -0.4 is 5.32 Å². The standard InChI is InChI=1S/C17H27NO/c1-3-14-8-10-15(11-9-14)12-18-13(2)16-6-4-5-7-17(16)19/h4-7,13-15,18-19H,3,8-12H2,1-2H3.